The summed E-state index contributed by atoms with van der Waals surface area (Å²) in [5.74, 6) is -1.39. The molecule has 5 heteroatoms. The van der Waals surface area contributed by atoms with E-state index in [-0.39, 0.29) is 0 Å². The number of halogens is 1. The van der Waals surface area contributed by atoms with Crippen LogP contribution in [0.5, 0.6) is 0 Å². The van der Waals surface area contributed by atoms with Gasteiger partial charge in [-0.2, -0.15) is 0 Å². The summed E-state index contributed by atoms with van der Waals surface area (Å²) in [4.78, 5) is 24.1. The van der Waals surface area contributed by atoms with Crippen molar-refractivity contribution in [1.29, 1.82) is 0 Å². The van der Waals surface area contributed by atoms with E-state index in [1.807, 2.05) is 48.5 Å². The van der Waals surface area contributed by atoms with E-state index in [9.17, 15) is 9.59 Å². The van der Waals surface area contributed by atoms with Crippen molar-refractivity contribution in [2.45, 2.75) is 0 Å². The summed E-state index contributed by atoms with van der Waals surface area (Å²) in [5.41, 5.74) is 1.20. The van der Waals surface area contributed by atoms with Crippen molar-refractivity contribution in [3.05, 3.63) is 70.3 Å². The fraction of sp³-hybridized carbons (Fsp3) is 0. The van der Waals surface area contributed by atoms with Crippen LogP contribution in [0.3, 0.4) is 0 Å². The van der Waals surface area contributed by atoms with Crippen LogP contribution in [0.25, 0.3) is 10.8 Å². The van der Waals surface area contributed by atoms with Gasteiger partial charge in [0.1, 0.15) is 0 Å². The second-order valence-electron chi connectivity index (χ2n) is 4.94. The number of rotatable bonds is 2. The number of anilines is 2. The van der Waals surface area contributed by atoms with Crippen molar-refractivity contribution >= 4 is 56.6 Å². The monoisotopic (exact) mass is 416 g/mol. The van der Waals surface area contributed by atoms with Gasteiger partial charge in [-0.05, 0) is 58.3 Å². The predicted octanol–water partition coefficient (Wildman–Crippen LogP) is 4.02. The molecule has 0 aliphatic heterocycles. The Kier molecular flexibility index (Phi) is 4.57. The van der Waals surface area contributed by atoms with Gasteiger partial charge in [0.15, 0.2) is 0 Å². The Morgan fingerprint density at radius 3 is 2.17 bits per heavy atom. The number of carbonyl (C=O) groups excluding carboxylic acids is 2. The summed E-state index contributed by atoms with van der Waals surface area (Å²) in [7, 11) is 0. The molecule has 0 aliphatic rings. The molecule has 23 heavy (non-hydrogen) atoms. The molecule has 0 saturated heterocycles. The Balaban J connectivity index is 1.75. The molecule has 0 saturated carbocycles. The summed E-state index contributed by atoms with van der Waals surface area (Å²) in [6.07, 6.45) is 0. The molecule has 2 amide bonds. The summed E-state index contributed by atoms with van der Waals surface area (Å²) >= 11 is 2.17. The molecule has 0 spiro atoms. The van der Waals surface area contributed by atoms with Crippen LogP contribution < -0.4 is 10.6 Å². The van der Waals surface area contributed by atoms with E-state index in [0.29, 0.717) is 11.4 Å². The minimum Gasteiger partial charge on any atom is -0.318 e. The Bertz CT molecular complexity index is 870. The minimum atomic E-state index is -0.695. The lowest BCUT2D eigenvalue weighted by Gasteiger charge is -2.09. The van der Waals surface area contributed by atoms with Crippen LogP contribution in [0.1, 0.15) is 0 Å². The van der Waals surface area contributed by atoms with E-state index in [0.717, 1.165) is 14.3 Å². The Hall–Kier alpha value is -2.41. The van der Waals surface area contributed by atoms with Gasteiger partial charge in [-0.3, -0.25) is 9.59 Å². The largest absolute Gasteiger partial charge is 0.318 e. The summed E-state index contributed by atoms with van der Waals surface area (Å²) in [5, 5.41) is 7.14. The van der Waals surface area contributed by atoms with Gasteiger partial charge in [-0.1, -0.05) is 36.4 Å². The lowest BCUT2D eigenvalue weighted by atomic mass is 10.1. The Morgan fingerprint density at radius 2 is 1.39 bits per heavy atom. The van der Waals surface area contributed by atoms with Crippen molar-refractivity contribution in [1.82, 2.24) is 0 Å². The maximum atomic E-state index is 12.1. The van der Waals surface area contributed by atoms with Gasteiger partial charge in [0.05, 0.1) is 0 Å². The van der Waals surface area contributed by atoms with Crippen LogP contribution in [-0.2, 0) is 9.59 Å². The van der Waals surface area contributed by atoms with E-state index in [1.54, 1.807) is 18.2 Å². The van der Waals surface area contributed by atoms with Crippen molar-refractivity contribution in [3.63, 3.8) is 0 Å². The maximum Gasteiger partial charge on any atom is 0.314 e. The predicted molar refractivity (Wildman–Crippen MR) is 100 cm³/mol. The van der Waals surface area contributed by atoms with E-state index < -0.39 is 11.8 Å². The molecule has 0 aliphatic carbocycles. The second-order valence-corrected chi connectivity index (χ2v) is 6.19. The van der Waals surface area contributed by atoms with Gasteiger partial charge in [0, 0.05) is 20.3 Å². The number of benzene rings is 3. The number of carbonyl (C=O) groups is 2. The SMILES string of the molecule is O=C(Nc1ccc(I)cc1)C(=O)Nc1cccc2ccccc12. The first-order valence-corrected chi connectivity index (χ1v) is 8.07. The molecule has 0 atom stereocenters. The third-order valence-corrected chi connectivity index (χ3v) is 4.07. The Morgan fingerprint density at radius 1 is 0.739 bits per heavy atom. The molecule has 3 aromatic rings. The smallest absolute Gasteiger partial charge is 0.314 e. The highest BCUT2D eigenvalue weighted by molar-refractivity contribution is 14.1. The standard InChI is InChI=1S/C18H13IN2O2/c19-13-8-10-14(11-9-13)20-17(22)18(23)21-16-7-3-5-12-4-1-2-6-15(12)16/h1-11H,(H,20,22)(H,21,23). The summed E-state index contributed by atoms with van der Waals surface area (Å²) in [6, 6.07) is 20.5. The summed E-state index contributed by atoms with van der Waals surface area (Å²) < 4.78 is 1.06. The lowest BCUT2D eigenvalue weighted by molar-refractivity contribution is -0.132. The number of fused-ring (bicyclic) bond motifs is 1. The van der Waals surface area contributed by atoms with E-state index in [1.165, 1.54) is 0 Å². The van der Waals surface area contributed by atoms with Gasteiger partial charge in [-0.15, -0.1) is 0 Å². The Labute approximate surface area is 147 Å². The normalized spacial score (nSPS) is 10.3. The van der Waals surface area contributed by atoms with Crippen LogP contribution in [0.4, 0.5) is 11.4 Å². The average molecular weight is 416 g/mol. The highest BCUT2D eigenvalue weighted by Gasteiger charge is 2.15. The van der Waals surface area contributed by atoms with Gasteiger partial charge in [0.2, 0.25) is 0 Å². The van der Waals surface area contributed by atoms with E-state index in [2.05, 4.69) is 33.2 Å². The van der Waals surface area contributed by atoms with Gasteiger partial charge in [0.25, 0.3) is 0 Å². The van der Waals surface area contributed by atoms with Crippen molar-refractivity contribution in [2.24, 2.45) is 0 Å². The minimum absolute atomic E-state index is 0.587. The van der Waals surface area contributed by atoms with Gasteiger partial charge < -0.3 is 10.6 Å². The zero-order valence-electron chi connectivity index (χ0n) is 12.0. The lowest BCUT2D eigenvalue weighted by Crippen LogP contribution is -2.29. The molecule has 0 aromatic heterocycles. The molecule has 4 nitrogen and oxygen atoms in total. The first kappa shape index (κ1) is 15.5. The number of hydrogen-bond acceptors (Lipinski definition) is 2. The highest BCUT2D eigenvalue weighted by atomic mass is 127. The molecule has 0 heterocycles. The molecule has 3 aromatic carbocycles. The first-order valence-electron chi connectivity index (χ1n) is 6.99. The van der Waals surface area contributed by atoms with Crippen LogP contribution >= 0.6 is 22.6 Å². The molecule has 114 valence electrons. The van der Waals surface area contributed by atoms with Gasteiger partial charge >= 0.3 is 11.8 Å². The van der Waals surface area contributed by atoms with E-state index in [4.69, 9.17) is 0 Å². The number of hydrogen-bond donors (Lipinski definition) is 2. The fourth-order valence-corrected chi connectivity index (χ4v) is 2.59. The topological polar surface area (TPSA) is 58.2 Å². The second kappa shape index (κ2) is 6.78. The third kappa shape index (κ3) is 3.68. The van der Waals surface area contributed by atoms with Crippen molar-refractivity contribution in [2.75, 3.05) is 10.6 Å². The van der Waals surface area contributed by atoms with Crippen molar-refractivity contribution < 1.29 is 9.59 Å². The van der Waals surface area contributed by atoms with E-state index >= 15 is 0 Å². The quantitative estimate of drug-likeness (QED) is 0.490. The molecule has 3 rings (SSSR count). The van der Waals surface area contributed by atoms with Crippen LogP contribution in [0.15, 0.2) is 66.7 Å². The third-order valence-electron chi connectivity index (χ3n) is 3.35. The van der Waals surface area contributed by atoms with Crippen LogP contribution in [0.2, 0.25) is 0 Å². The summed E-state index contributed by atoms with van der Waals surface area (Å²) in [6.45, 7) is 0. The molecular weight excluding hydrogens is 403 g/mol. The van der Waals surface area contributed by atoms with Gasteiger partial charge in [-0.25, -0.2) is 0 Å². The fourth-order valence-electron chi connectivity index (χ4n) is 2.23. The molecule has 0 fully saturated rings. The first-order chi connectivity index (χ1) is 11.1. The number of nitrogens with one attached hydrogen (secondary N) is 2. The zero-order chi connectivity index (χ0) is 16.2. The number of amides is 2. The van der Waals surface area contributed by atoms with Crippen LogP contribution in [-0.4, -0.2) is 11.8 Å². The van der Waals surface area contributed by atoms with Crippen LogP contribution in [0, 0.1) is 3.57 Å². The maximum absolute atomic E-state index is 12.1. The average Bonchev–Trinajstić information content (AvgIpc) is 2.57. The molecule has 0 bridgehead atoms. The molecular formula is C18H13IN2O2. The molecule has 0 radical (unpaired) electrons. The van der Waals surface area contributed by atoms with Crippen molar-refractivity contribution in [3.8, 4) is 0 Å². The molecule has 0 unspecified atom stereocenters. The molecule has 2 N–H and O–H groups in total. The highest BCUT2D eigenvalue weighted by Crippen LogP contribution is 2.22. The zero-order valence-corrected chi connectivity index (χ0v) is 14.2.